The normalized spacial score (nSPS) is 10.4. The average molecular weight is 328 g/mol. The lowest BCUT2D eigenvalue weighted by molar-refractivity contribution is 0.102. The lowest BCUT2D eigenvalue weighted by atomic mass is 10.3. The first-order valence-corrected chi connectivity index (χ1v) is 8.15. The van der Waals surface area contributed by atoms with Crippen molar-refractivity contribution in [1.82, 2.24) is 15.2 Å². The van der Waals surface area contributed by atoms with Crippen LogP contribution in [0.5, 0.6) is 0 Å². The van der Waals surface area contributed by atoms with Gasteiger partial charge in [0.25, 0.3) is 5.91 Å². The zero-order chi connectivity index (χ0) is 15.4. The number of amides is 1. The van der Waals surface area contributed by atoms with E-state index in [2.05, 4.69) is 20.5 Å². The van der Waals surface area contributed by atoms with E-state index in [1.165, 1.54) is 23.1 Å². The Morgan fingerprint density at radius 3 is 2.68 bits per heavy atom. The molecule has 3 aromatic rings. The van der Waals surface area contributed by atoms with Crippen LogP contribution in [0.15, 0.2) is 58.6 Å². The molecule has 0 unspecified atom stereocenters. The third kappa shape index (κ3) is 3.49. The van der Waals surface area contributed by atoms with Gasteiger partial charge in [-0.25, -0.2) is 4.98 Å². The van der Waals surface area contributed by atoms with Crippen LogP contribution < -0.4 is 5.32 Å². The van der Waals surface area contributed by atoms with Gasteiger partial charge in [0.15, 0.2) is 0 Å². The van der Waals surface area contributed by atoms with Crippen molar-refractivity contribution >= 4 is 34.1 Å². The van der Waals surface area contributed by atoms with Gasteiger partial charge in [0.2, 0.25) is 5.13 Å². The first-order valence-electron chi connectivity index (χ1n) is 6.52. The highest BCUT2D eigenvalue weighted by Gasteiger charge is 2.15. The minimum absolute atomic E-state index is 0.234. The second kappa shape index (κ2) is 6.67. The molecule has 0 aliphatic heterocycles. The van der Waals surface area contributed by atoms with E-state index in [1.807, 2.05) is 37.3 Å². The van der Waals surface area contributed by atoms with Crippen molar-refractivity contribution in [2.45, 2.75) is 16.8 Å². The standard InChI is InChI=1S/C15H12N4OS2/c1-10-18-19-15(21-10)17-13(20)12-8-5-9-16-14(12)22-11-6-3-2-4-7-11/h2-9H,1H3,(H,17,19,20). The van der Waals surface area contributed by atoms with E-state index in [0.29, 0.717) is 15.7 Å². The second-order valence-electron chi connectivity index (χ2n) is 4.35. The van der Waals surface area contributed by atoms with Gasteiger partial charge in [0, 0.05) is 11.1 Å². The fourth-order valence-electron chi connectivity index (χ4n) is 1.76. The number of anilines is 1. The number of carbonyl (C=O) groups excluding carboxylic acids is 1. The summed E-state index contributed by atoms with van der Waals surface area (Å²) < 4.78 is 0. The minimum atomic E-state index is -0.234. The molecule has 5 nitrogen and oxygen atoms in total. The summed E-state index contributed by atoms with van der Waals surface area (Å²) in [6, 6.07) is 13.3. The molecule has 22 heavy (non-hydrogen) atoms. The van der Waals surface area contributed by atoms with Gasteiger partial charge in [0.05, 0.1) is 5.56 Å². The number of aryl methyl sites for hydroxylation is 1. The van der Waals surface area contributed by atoms with Crippen LogP contribution in [0.1, 0.15) is 15.4 Å². The smallest absolute Gasteiger partial charge is 0.260 e. The summed E-state index contributed by atoms with van der Waals surface area (Å²) >= 11 is 2.79. The van der Waals surface area contributed by atoms with Crippen LogP contribution in [0, 0.1) is 6.92 Å². The van der Waals surface area contributed by atoms with Crippen LogP contribution in [-0.4, -0.2) is 21.1 Å². The molecule has 1 amide bonds. The molecule has 1 N–H and O–H groups in total. The highest BCUT2D eigenvalue weighted by molar-refractivity contribution is 7.99. The van der Waals surface area contributed by atoms with Crippen molar-refractivity contribution in [2.24, 2.45) is 0 Å². The lowest BCUT2D eigenvalue weighted by Crippen LogP contribution is -2.13. The number of rotatable bonds is 4. The Labute approximate surface area is 135 Å². The van der Waals surface area contributed by atoms with Gasteiger partial charge in [-0.1, -0.05) is 41.3 Å². The summed E-state index contributed by atoms with van der Waals surface area (Å²) in [7, 11) is 0. The van der Waals surface area contributed by atoms with Crippen LogP contribution in [0.4, 0.5) is 5.13 Å². The summed E-state index contributed by atoms with van der Waals surface area (Å²) in [5.74, 6) is -0.234. The van der Waals surface area contributed by atoms with Gasteiger partial charge in [-0.15, -0.1) is 10.2 Å². The first-order chi connectivity index (χ1) is 10.7. The predicted octanol–water partition coefficient (Wildman–Crippen LogP) is 3.65. The lowest BCUT2D eigenvalue weighted by Gasteiger charge is -2.07. The maximum atomic E-state index is 12.4. The predicted molar refractivity (Wildman–Crippen MR) is 87.4 cm³/mol. The van der Waals surface area contributed by atoms with Crippen molar-refractivity contribution in [3.63, 3.8) is 0 Å². The van der Waals surface area contributed by atoms with Gasteiger partial charge < -0.3 is 0 Å². The van der Waals surface area contributed by atoms with Crippen LogP contribution in [0.3, 0.4) is 0 Å². The maximum absolute atomic E-state index is 12.4. The molecule has 0 radical (unpaired) electrons. The maximum Gasteiger partial charge on any atom is 0.260 e. The van der Waals surface area contributed by atoms with Crippen LogP contribution >= 0.6 is 23.1 Å². The molecule has 0 saturated carbocycles. The molecule has 7 heteroatoms. The highest BCUT2D eigenvalue weighted by atomic mass is 32.2. The van der Waals surface area contributed by atoms with E-state index in [9.17, 15) is 4.79 Å². The van der Waals surface area contributed by atoms with Gasteiger partial charge in [-0.3, -0.25) is 10.1 Å². The number of hydrogen-bond acceptors (Lipinski definition) is 6. The zero-order valence-corrected chi connectivity index (χ0v) is 13.3. The molecule has 0 spiro atoms. The Morgan fingerprint density at radius 2 is 1.95 bits per heavy atom. The van der Waals surface area contributed by atoms with Crippen LogP contribution in [0.2, 0.25) is 0 Å². The van der Waals surface area contributed by atoms with E-state index >= 15 is 0 Å². The molecule has 0 aliphatic rings. The quantitative estimate of drug-likeness (QED) is 0.792. The number of aromatic nitrogens is 3. The van der Waals surface area contributed by atoms with E-state index in [0.717, 1.165) is 9.90 Å². The number of nitrogens with zero attached hydrogens (tertiary/aromatic N) is 3. The fraction of sp³-hybridized carbons (Fsp3) is 0.0667. The van der Waals surface area contributed by atoms with E-state index in [1.54, 1.807) is 18.3 Å². The van der Waals surface area contributed by atoms with E-state index in [-0.39, 0.29) is 5.91 Å². The zero-order valence-electron chi connectivity index (χ0n) is 11.7. The van der Waals surface area contributed by atoms with Crippen LogP contribution in [-0.2, 0) is 0 Å². The van der Waals surface area contributed by atoms with Gasteiger partial charge in [-0.05, 0) is 31.2 Å². The number of carbonyl (C=O) groups is 1. The third-order valence-corrected chi connectivity index (χ3v) is 4.50. The number of hydrogen-bond donors (Lipinski definition) is 1. The molecule has 0 saturated heterocycles. The van der Waals surface area contributed by atoms with Crippen molar-refractivity contribution in [3.8, 4) is 0 Å². The molecule has 3 rings (SSSR count). The second-order valence-corrected chi connectivity index (χ2v) is 6.60. The molecular formula is C15H12N4OS2. The Morgan fingerprint density at radius 1 is 1.14 bits per heavy atom. The number of benzene rings is 1. The molecule has 2 aromatic heterocycles. The Hall–Kier alpha value is -2.25. The van der Waals surface area contributed by atoms with Crippen molar-refractivity contribution < 1.29 is 4.79 Å². The Bertz CT molecular complexity index is 789. The SMILES string of the molecule is Cc1nnc(NC(=O)c2cccnc2Sc2ccccc2)s1. The average Bonchev–Trinajstić information content (AvgIpc) is 2.94. The van der Waals surface area contributed by atoms with Gasteiger partial charge in [-0.2, -0.15) is 0 Å². The molecule has 110 valence electrons. The summed E-state index contributed by atoms with van der Waals surface area (Å²) in [5, 5.41) is 12.5. The summed E-state index contributed by atoms with van der Waals surface area (Å²) in [6.45, 7) is 1.84. The summed E-state index contributed by atoms with van der Waals surface area (Å²) in [6.07, 6.45) is 1.68. The fourth-order valence-corrected chi connectivity index (χ4v) is 3.24. The Kier molecular flexibility index (Phi) is 4.45. The number of nitrogens with one attached hydrogen (secondary N) is 1. The summed E-state index contributed by atoms with van der Waals surface area (Å²) in [4.78, 5) is 17.7. The first kappa shape index (κ1) is 14.7. The summed E-state index contributed by atoms with van der Waals surface area (Å²) in [5.41, 5.74) is 0.518. The van der Waals surface area contributed by atoms with E-state index in [4.69, 9.17) is 0 Å². The monoisotopic (exact) mass is 328 g/mol. The van der Waals surface area contributed by atoms with Crippen molar-refractivity contribution in [1.29, 1.82) is 0 Å². The molecular weight excluding hydrogens is 316 g/mol. The molecule has 0 bridgehead atoms. The van der Waals surface area contributed by atoms with Crippen molar-refractivity contribution in [2.75, 3.05) is 5.32 Å². The Balaban J connectivity index is 1.83. The molecule has 0 aliphatic carbocycles. The molecule has 0 atom stereocenters. The highest BCUT2D eigenvalue weighted by Crippen LogP contribution is 2.28. The third-order valence-electron chi connectivity index (χ3n) is 2.72. The molecule has 2 heterocycles. The van der Waals surface area contributed by atoms with Crippen molar-refractivity contribution in [3.05, 3.63) is 59.2 Å². The molecule has 0 fully saturated rings. The van der Waals surface area contributed by atoms with Gasteiger partial charge in [0.1, 0.15) is 10.0 Å². The number of pyridine rings is 1. The largest absolute Gasteiger partial charge is 0.296 e. The minimum Gasteiger partial charge on any atom is -0.296 e. The topological polar surface area (TPSA) is 67.8 Å². The van der Waals surface area contributed by atoms with Gasteiger partial charge >= 0.3 is 0 Å². The van der Waals surface area contributed by atoms with E-state index < -0.39 is 0 Å². The van der Waals surface area contributed by atoms with Crippen LogP contribution in [0.25, 0.3) is 0 Å². The molecule has 1 aromatic carbocycles.